The van der Waals surface area contributed by atoms with Crippen molar-refractivity contribution >= 4 is 16.6 Å². The number of rotatable bonds is 0. The Hall–Kier alpha value is -1.77. The summed E-state index contributed by atoms with van der Waals surface area (Å²) in [6.45, 7) is 6.69. The van der Waals surface area contributed by atoms with Crippen molar-refractivity contribution in [1.82, 2.24) is 4.98 Å². The van der Waals surface area contributed by atoms with Crippen LogP contribution in [0.15, 0.2) is 23.4 Å². The topological polar surface area (TPSA) is 48.4 Å². The highest BCUT2D eigenvalue weighted by atomic mass is 16.4. The van der Waals surface area contributed by atoms with Gasteiger partial charge in [-0.3, -0.25) is 0 Å². The molecule has 2 N–H and O–H groups in total. The Balaban J connectivity index is 2.24. The fourth-order valence-electron chi connectivity index (χ4n) is 2.88. The zero-order valence-corrected chi connectivity index (χ0v) is 11.7. The molecule has 100 valence electrons. The number of benzene rings is 1. The number of aryl methyl sites for hydroxylation is 1. The van der Waals surface area contributed by atoms with Crippen LogP contribution in [0.3, 0.4) is 0 Å². The van der Waals surface area contributed by atoms with Crippen molar-refractivity contribution in [2.45, 2.75) is 45.4 Å². The lowest BCUT2D eigenvalue weighted by atomic mass is 9.85. The monoisotopic (exact) mass is 256 g/mol. The summed E-state index contributed by atoms with van der Waals surface area (Å²) in [5.74, 6) is 0. The molecule has 3 nitrogen and oxygen atoms in total. The Kier molecular flexibility index (Phi) is 2.66. The lowest BCUT2D eigenvalue weighted by Gasteiger charge is -2.19. The van der Waals surface area contributed by atoms with E-state index in [4.69, 9.17) is 5.21 Å². The number of nitrogens with zero attached hydrogens (tertiary/aromatic N) is 1. The Labute approximate surface area is 113 Å². The second-order valence-corrected chi connectivity index (χ2v) is 6.39. The van der Waals surface area contributed by atoms with Gasteiger partial charge in [-0.25, -0.2) is 0 Å². The number of fused-ring (bicyclic) bond motifs is 3. The van der Waals surface area contributed by atoms with Crippen LogP contribution in [0.25, 0.3) is 10.9 Å². The van der Waals surface area contributed by atoms with E-state index < -0.39 is 0 Å². The molecule has 1 aromatic heterocycles. The van der Waals surface area contributed by atoms with Gasteiger partial charge in [-0.1, -0.05) is 32.0 Å². The van der Waals surface area contributed by atoms with Gasteiger partial charge in [0.25, 0.3) is 0 Å². The second kappa shape index (κ2) is 4.12. The summed E-state index contributed by atoms with van der Waals surface area (Å²) in [4.78, 5) is 3.40. The van der Waals surface area contributed by atoms with Crippen molar-refractivity contribution in [3.8, 4) is 0 Å². The SMILES string of the molecule is CC(C)(C)c1ccc2[nH]c3c(c2c1)CCC/C3=N/O. The highest BCUT2D eigenvalue weighted by Crippen LogP contribution is 2.32. The molecule has 0 bridgehead atoms. The first kappa shape index (κ1) is 12.3. The van der Waals surface area contributed by atoms with E-state index in [-0.39, 0.29) is 5.41 Å². The number of hydrogen-bond donors (Lipinski definition) is 2. The third-order valence-electron chi connectivity index (χ3n) is 4.02. The largest absolute Gasteiger partial charge is 0.411 e. The van der Waals surface area contributed by atoms with Gasteiger partial charge < -0.3 is 10.2 Å². The van der Waals surface area contributed by atoms with Crippen molar-refractivity contribution in [2.75, 3.05) is 0 Å². The van der Waals surface area contributed by atoms with Crippen molar-refractivity contribution < 1.29 is 5.21 Å². The first-order valence-corrected chi connectivity index (χ1v) is 6.87. The summed E-state index contributed by atoms with van der Waals surface area (Å²) in [6, 6.07) is 6.61. The molecule has 0 saturated carbocycles. The molecular weight excluding hydrogens is 236 g/mol. The minimum absolute atomic E-state index is 0.154. The van der Waals surface area contributed by atoms with Crippen molar-refractivity contribution in [1.29, 1.82) is 0 Å². The molecular formula is C16H20N2O. The quantitative estimate of drug-likeness (QED) is 0.543. The fourth-order valence-corrected chi connectivity index (χ4v) is 2.88. The number of oxime groups is 1. The molecule has 0 saturated heterocycles. The van der Waals surface area contributed by atoms with E-state index in [9.17, 15) is 0 Å². The van der Waals surface area contributed by atoms with Crippen molar-refractivity contribution in [3.63, 3.8) is 0 Å². The van der Waals surface area contributed by atoms with Crippen LogP contribution < -0.4 is 0 Å². The summed E-state index contributed by atoms with van der Waals surface area (Å²) < 4.78 is 0. The van der Waals surface area contributed by atoms with Crippen LogP contribution in [0, 0.1) is 0 Å². The number of nitrogens with one attached hydrogen (secondary N) is 1. The second-order valence-electron chi connectivity index (χ2n) is 6.39. The van der Waals surface area contributed by atoms with E-state index >= 15 is 0 Å². The molecule has 1 aliphatic rings. The first-order chi connectivity index (χ1) is 9.00. The molecule has 0 amide bonds. The molecule has 19 heavy (non-hydrogen) atoms. The van der Waals surface area contributed by atoms with Crippen LogP contribution in [0.1, 0.15) is 50.4 Å². The lowest BCUT2D eigenvalue weighted by Crippen LogP contribution is -2.11. The van der Waals surface area contributed by atoms with E-state index in [2.05, 4.69) is 49.1 Å². The number of aromatic nitrogens is 1. The maximum Gasteiger partial charge on any atom is 0.103 e. The molecule has 0 unspecified atom stereocenters. The van der Waals surface area contributed by atoms with Crippen LogP contribution in [0.5, 0.6) is 0 Å². The summed E-state index contributed by atoms with van der Waals surface area (Å²) in [7, 11) is 0. The zero-order chi connectivity index (χ0) is 13.6. The van der Waals surface area contributed by atoms with Crippen LogP contribution in [-0.4, -0.2) is 15.9 Å². The van der Waals surface area contributed by atoms with Crippen molar-refractivity contribution in [2.24, 2.45) is 5.16 Å². The minimum atomic E-state index is 0.154. The molecule has 0 fully saturated rings. The smallest absolute Gasteiger partial charge is 0.103 e. The van der Waals surface area contributed by atoms with Gasteiger partial charge in [-0.05, 0) is 47.9 Å². The molecule has 0 atom stereocenters. The highest BCUT2D eigenvalue weighted by Gasteiger charge is 2.22. The van der Waals surface area contributed by atoms with Gasteiger partial charge in [-0.15, -0.1) is 0 Å². The number of H-pyrrole nitrogens is 1. The van der Waals surface area contributed by atoms with E-state index in [1.54, 1.807) is 0 Å². The van der Waals surface area contributed by atoms with Crippen LogP contribution in [-0.2, 0) is 11.8 Å². The Morgan fingerprint density at radius 3 is 2.68 bits per heavy atom. The van der Waals surface area contributed by atoms with Gasteiger partial charge in [0.1, 0.15) is 5.71 Å². The molecule has 3 heteroatoms. The molecule has 1 heterocycles. The zero-order valence-electron chi connectivity index (χ0n) is 11.7. The first-order valence-electron chi connectivity index (χ1n) is 6.87. The minimum Gasteiger partial charge on any atom is -0.411 e. The third kappa shape index (κ3) is 1.93. The summed E-state index contributed by atoms with van der Waals surface area (Å²) >= 11 is 0. The maximum atomic E-state index is 9.11. The number of hydrogen-bond acceptors (Lipinski definition) is 2. The standard InChI is InChI=1S/C16H20N2O/c1-16(2,3)10-7-8-13-12(9-10)11-5-4-6-14(18-19)15(11)17-13/h7-9,17,19H,4-6H2,1-3H3/b18-14-. The van der Waals surface area contributed by atoms with Gasteiger partial charge in [0.2, 0.25) is 0 Å². The summed E-state index contributed by atoms with van der Waals surface area (Å²) in [5.41, 5.74) is 5.75. The molecule has 0 aliphatic heterocycles. The van der Waals surface area contributed by atoms with Crippen LogP contribution in [0.2, 0.25) is 0 Å². The molecule has 0 radical (unpaired) electrons. The van der Waals surface area contributed by atoms with E-state index in [1.165, 1.54) is 16.5 Å². The van der Waals surface area contributed by atoms with Gasteiger partial charge in [0.05, 0.1) is 5.69 Å². The Morgan fingerprint density at radius 2 is 2.00 bits per heavy atom. The Morgan fingerprint density at radius 1 is 1.21 bits per heavy atom. The van der Waals surface area contributed by atoms with Gasteiger partial charge in [0.15, 0.2) is 0 Å². The van der Waals surface area contributed by atoms with Gasteiger partial charge >= 0.3 is 0 Å². The predicted molar refractivity (Wildman–Crippen MR) is 78.3 cm³/mol. The van der Waals surface area contributed by atoms with E-state index in [0.717, 1.165) is 36.2 Å². The maximum absolute atomic E-state index is 9.11. The molecule has 1 aromatic carbocycles. The lowest BCUT2D eigenvalue weighted by molar-refractivity contribution is 0.317. The highest BCUT2D eigenvalue weighted by molar-refractivity contribution is 6.06. The average molecular weight is 256 g/mol. The predicted octanol–water partition coefficient (Wildman–Crippen LogP) is 3.98. The third-order valence-corrected chi connectivity index (χ3v) is 4.02. The molecule has 3 rings (SSSR count). The summed E-state index contributed by atoms with van der Waals surface area (Å²) in [5, 5.41) is 13.8. The number of aromatic amines is 1. The fraction of sp³-hybridized carbons (Fsp3) is 0.438. The van der Waals surface area contributed by atoms with Crippen LogP contribution >= 0.6 is 0 Å². The Bertz CT molecular complexity index is 659. The molecule has 2 aromatic rings. The molecule has 0 spiro atoms. The van der Waals surface area contributed by atoms with Gasteiger partial charge in [0, 0.05) is 10.9 Å². The normalized spacial score (nSPS) is 17.9. The summed E-state index contributed by atoms with van der Waals surface area (Å²) in [6.07, 6.45) is 2.96. The average Bonchev–Trinajstić information content (AvgIpc) is 2.75. The van der Waals surface area contributed by atoms with Crippen molar-refractivity contribution in [3.05, 3.63) is 35.0 Å². The molecule has 1 aliphatic carbocycles. The van der Waals surface area contributed by atoms with Crippen LogP contribution in [0.4, 0.5) is 0 Å². The van der Waals surface area contributed by atoms with Gasteiger partial charge in [-0.2, -0.15) is 0 Å². The van der Waals surface area contributed by atoms with E-state index in [0.29, 0.717) is 0 Å². The van der Waals surface area contributed by atoms with E-state index in [1.807, 2.05) is 0 Å².